The Hall–Kier alpha value is -1.62. The Bertz CT molecular complexity index is 572. The lowest BCUT2D eigenvalue weighted by Crippen LogP contribution is -2.37. The first-order valence-corrected chi connectivity index (χ1v) is 7.29. The Balaban J connectivity index is 2.19. The maximum absolute atomic E-state index is 5.69. The van der Waals surface area contributed by atoms with E-state index in [1.807, 2.05) is 6.07 Å². The molecule has 4 nitrogen and oxygen atoms in total. The van der Waals surface area contributed by atoms with Crippen LogP contribution in [0.3, 0.4) is 0 Å². The van der Waals surface area contributed by atoms with E-state index in [1.54, 1.807) is 14.2 Å². The fourth-order valence-electron chi connectivity index (χ4n) is 2.61. The highest BCUT2D eigenvalue weighted by Crippen LogP contribution is 2.25. The second-order valence-corrected chi connectivity index (χ2v) is 5.21. The Kier molecular flexibility index (Phi) is 5.99. The van der Waals surface area contributed by atoms with E-state index >= 15 is 0 Å². The Morgan fingerprint density at radius 1 is 1.19 bits per heavy atom. The van der Waals surface area contributed by atoms with Crippen LogP contribution in [0.2, 0.25) is 0 Å². The zero-order valence-corrected chi connectivity index (χ0v) is 12.8. The average molecular weight is 288 g/mol. The Morgan fingerprint density at radius 3 is 2.76 bits per heavy atom. The number of fused-ring (bicyclic) bond motifs is 1. The van der Waals surface area contributed by atoms with Crippen LogP contribution in [-0.4, -0.2) is 26.9 Å². The van der Waals surface area contributed by atoms with E-state index in [4.69, 9.17) is 15.3 Å². The molecule has 0 amide bonds. The number of hydrazine groups is 1. The van der Waals surface area contributed by atoms with Crippen molar-refractivity contribution in [3.05, 3.63) is 42.0 Å². The van der Waals surface area contributed by atoms with Crippen LogP contribution in [0.15, 0.2) is 36.4 Å². The molecule has 0 spiro atoms. The Morgan fingerprint density at radius 2 is 2.05 bits per heavy atom. The highest BCUT2D eigenvalue weighted by Gasteiger charge is 2.10. The van der Waals surface area contributed by atoms with Gasteiger partial charge in [0.2, 0.25) is 0 Å². The van der Waals surface area contributed by atoms with Crippen LogP contribution >= 0.6 is 0 Å². The van der Waals surface area contributed by atoms with Crippen LogP contribution in [0.5, 0.6) is 5.75 Å². The molecule has 0 bridgehead atoms. The first kappa shape index (κ1) is 15.8. The fraction of sp³-hybridized carbons (Fsp3) is 0.412. The third-order valence-corrected chi connectivity index (χ3v) is 3.78. The van der Waals surface area contributed by atoms with Crippen molar-refractivity contribution in [3.8, 4) is 5.75 Å². The van der Waals surface area contributed by atoms with Crippen LogP contribution in [-0.2, 0) is 11.2 Å². The molecule has 114 valence electrons. The van der Waals surface area contributed by atoms with E-state index in [9.17, 15) is 0 Å². The summed E-state index contributed by atoms with van der Waals surface area (Å²) < 4.78 is 10.4. The van der Waals surface area contributed by atoms with Crippen LogP contribution in [0.4, 0.5) is 0 Å². The van der Waals surface area contributed by atoms with Gasteiger partial charge in [-0.25, -0.2) is 0 Å². The maximum Gasteiger partial charge on any atom is 0.119 e. The van der Waals surface area contributed by atoms with Crippen molar-refractivity contribution < 1.29 is 9.47 Å². The van der Waals surface area contributed by atoms with Crippen molar-refractivity contribution in [2.45, 2.75) is 25.3 Å². The van der Waals surface area contributed by atoms with Crippen molar-refractivity contribution in [1.29, 1.82) is 0 Å². The number of nitrogens with one attached hydrogen (secondary N) is 1. The van der Waals surface area contributed by atoms with Gasteiger partial charge in [-0.15, -0.1) is 0 Å². The highest BCUT2D eigenvalue weighted by molar-refractivity contribution is 5.87. The molecule has 0 radical (unpaired) electrons. The van der Waals surface area contributed by atoms with Crippen LogP contribution < -0.4 is 16.0 Å². The summed E-state index contributed by atoms with van der Waals surface area (Å²) in [7, 11) is 3.42. The smallest absolute Gasteiger partial charge is 0.119 e. The van der Waals surface area contributed by atoms with Gasteiger partial charge >= 0.3 is 0 Å². The summed E-state index contributed by atoms with van der Waals surface area (Å²) in [5.74, 6) is 6.57. The standard InChI is InChI=1S/C17H24N2O2/c1-20-10-4-7-15(19-18)11-14-6-3-5-13-8-9-16(21-2)12-17(13)14/h3,5-6,8-9,12,15,19H,4,7,10-11,18H2,1-2H3. The molecule has 0 aliphatic heterocycles. The first-order chi connectivity index (χ1) is 10.3. The SMILES string of the molecule is COCCCC(Cc1cccc2ccc(OC)cc12)NN. The molecule has 4 heteroatoms. The minimum atomic E-state index is 0.247. The lowest BCUT2D eigenvalue weighted by Gasteiger charge is -2.17. The second kappa shape index (κ2) is 7.98. The van der Waals surface area contributed by atoms with Crippen LogP contribution in [0.25, 0.3) is 10.8 Å². The van der Waals surface area contributed by atoms with Gasteiger partial charge in [-0.3, -0.25) is 11.3 Å². The number of hydrogen-bond donors (Lipinski definition) is 2. The third kappa shape index (κ3) is 4.17. The van der Waals surface area contributed by atoms with Crippen LogP contribution in [0, 0.1) is 0 Å². The first-order valence-electron chi connectivity index (χ1n) is 7.29. The molecule has 21 heavy (non-hydrogen) atoms. The predicted octanol–water partition coefficient (Wildman–Crippen LogP) is 2.65. The molecule has 0 fully saturated rings. The molecule has 0 saturated heterocycles. The largest absolute Gasteiger partial charge is 0.497 e. The molecule has 0 saturated carbocycles. The van der Waals surface area contributed by atoms with Crippen molar-refractivity contribution in [2.75, 3.05) is 20.8 Å². The molecule has 1 atom stereocenters. The third-order valence-electron chi connectivity index (χ3n) is 3.78. The summed E-state index contributed by atoms with van der Waals surface area (Å²) >= 11 is 0. The minimum absolute atomic E-state index is 0.247. The summed E-state index contributed by atoms with van der Waals surface area (Å²) in [6, 6.07) is 12.8. The summed E-state index contributed by atoms with van der Waals surface area (Å²) in [5, 5.41) is 2.45. The van der Waals surface area contributed by atoms with E-state index in [2.05, 4.69) is 35.8 Å². The topological polar surface area (TPSA) is 56.5 Å². The number of benzene rings is 2. The van der Waals surface area contributed by atoms with Gasteiger partial charge in [0.15, 0.2) is 0 Å². The molecule has 3 N–H and O–H groups in total. The normalized spacial score (nSPS) is 12.5. The van der Waals surface area contributed by atoms with Gasteiger partial charge in [0.25, 0.3) is 0 Å². The lowest BCUT2D eigenvalue weighted by molar-refractivity contribution is 0.188. The van der Waals surface area contributed by atoms with E-state index in [-0.39, 0.29) is 6.04 Å². The highest BCUT2D eigenvalue weighted by atomic mass is 16.5. The van der Waals surface area contributed by atoms with Gasteiger partial charge in [0.1, 0.15) is 5.75 Å². The summed E-state index contributed by atoms with van der Waals surface area (Å²) in [6.07, 6.45) is 2.88. The van der Waals surface area contributed by atoms with E-state index in [1.165, 1.54) is 16.3 Å². The number of nitrogens with two attached hydrogens (primary N) is 1. The zero-order valence-electron chi connectivity index (χ0n) is 12.8. The Labute approximate surface area is 126 Å². The summed E-state index contributed by atoms with van der Waals surface area (Å²) in [4.78, 5) is 0. The molecule has 0 heterocycles. The van der Waals surface area contributed by atoms with E-state index in [0.29, 0.717) is 0 Å². The van der Waals surface area contributed by atoms with Gasteiger partial charge in [0, 0.05) is 19.8 Å². The molecule has 0 aliphatic rings. The fourth-order valence-corrected chi connectivity index (χ4v) is 2.61. The molecule has 0 aliphatic carbocycles. The number of ether oxygens (including phenoxy) is 2. The van der Waals surface area contributed by atoms with Crippen molar-refractivity contribution >= 4 is 10.8 Å². The second-order valence-electron chi connectivity index (χ2n) is 5.21. The monoisotopic (exact) mass is 288 g/mol. The molecule has 2 aromatic rings. The van der Waals surface area contributed by atoms with Gasteiger partial charge in [-0.1, -0.05) is 24.3 Å². The molecular weight excluding hydrogens is 264 g/mol. The molecule has 0 aromatic heterocycles. The van der Waals surface area contributed by atoms with E-state index in [0.717, 1.165) is 31.6 Å². The molecular formula is C17H24N2O2. The molecule has 2 rings (SSSR count). The number of hydrogen-bond acceptors (Lipinski definition) is 4. The van der Waals surface area contributed by atoms with Gasteiger partial charge in [-0.2, -0.15) is 0 Å². The maximum atomic E-state index is 5.69. The quantitative estimate of drug-likeness (QED) is 0.445. The predicted molar refractivity (Wildman–Crippen MR) is 86.4 cm³/mol. The summed E-state index contributed by atoms with van der Waals surface area (Å²) in [5.41, 5.74) is 4.20. The van der Waals surface area contributed by atoms with Gasteiger partial charge < -0.3 is 9.47 Å². The van der Waals surface area contributed by atoms with Gasteiger partial charge in [-0.05, 0) is 47.7 Å². The lowest BCUT2D eigenvalue weighted by atomic mass is 9.97. The van der Waals surface area contributed by atoms with Crippen LogP contribution in [0.1, 0.15) is 18.4 Å². The zero-order chi connectivity index (χ0) is 15.1. The number of rotatable bonds is 8. The van der Waals surface area contributed by atoms with Gasteiger partial charge in [0.05, 0.1) is 7.11 Å². The molecule has 1 unspecified atom stereocenters. The number of methoxy groups -OCH3 is 2. The van der Waals surface area contributed by atoms with Crippen molar-refractivity contribution in [3.63, 3.8) is 0 Å². The minimum Gasteiger partial charge on any atom is -0.497 e. The van der Waals surface area contributed by atoms with E-state index < -0.39 is 0 Å². The molecule has 2 aromatic carbocycles. The van der Waals surface area contributed by atoms with Crippen molar-refractivity contribution in [2.24, 2.45) is 5.84 Å². The summed E-state index contributed by atoms with van der Waals surface area (Å²) in [6.45, 7) is 0.765. The van der Waals surface area contributed by atoms with Crippen molar-refractivity contribution in [1.82, 2.24) is 5.43 Å². The average Bonchev–Trinajstić information content (AvgIpc) is 2.53.